The first-order valence-electron chi connectivity index (χ1n) is 13.2. The van der Waals surface area contributed by atoms with Gasteiger partial charge in [-0.25, -0.2) is 4.39 Å². The fourth-order valence-corrected chi connectivity index (χ4v) is 4.66. The van der Waals surface area contributed by atoms with Crippen LogP contribution in [0.1, 0.15) is 53.7 Å². The van der Waals surface area contributed by atoms with E-state index in [-0.39, 0.29) is 36.0 Å². The van der Waals surface area contributed by atoms with E-state index < -0.39 is 0 Å². The molecule has 3 aromatic carbocycles. The molecule has 5 rings (SSSR count). The summed E-state index contributed by atoms with van der Waals surface area (Å²) in [5.74, 6) is -0.102. The minimum absolute atomic E-state index is 0.0487. The molecule has 0 atom stereocenters. The van der Waals surface area contributed by atoms with Crippen molar-refractivity contribution in [1.29, 1.82) is 0 Å². The topological polar surface area (TPSA) is 76.3 Å². The van der Waals surface area contributed by atoms with Crippen molar-refractivity contribution in [2.75, 3.05) is 5.32 Å². The van der Waals surface area contributed by atoms with Crippen molar-refractivity contribution >= 4 is 28.4 Å². The number of furan rings is 1. The van der Waals surface area contributed by atoms with Crippen molar-refractivity contribution in [3.8, 4) is 0 Å². The van der Waals surface area contributed by atoms with Crippen LogP contribution in [0.4, 0.5) is 10.1 Å². The molecule has 0 aliphatic carbocycles. The van der Waals surface area contributed by atoms with Crippen molar-refractivity contribution in [1.82, 2.24) is 9.88 Å². The zero-order valence-electron chi connectivity index (χ0n) is 22.8. The summed E-state index contributed by atoms with van der Waals surface area (Å²) in [7, 11) is 0. The number of rotatable bonds is 8. The Morgan fingerprint density at radius 2 is 1.62 bits per heavy atom. The molecule has 6 nitrogen and oxygen atoms in total. The van der Waals surface area contributed by atoms with Crippen molar-refractivity contribution in [2.45, 2.75) is 45.7 Å². The predicted octanol–water partition coefficient (Wildman–Crippen LogP) is 6.83. The van der Waals surface area contributed by atoms with Gasteiger partial charge in [0.25, 0.3) is 5.91 Å². The van der Waals surface area contributed by atoms with Gasteiger partial charge in [0, 0.05) is 23.1 Å². The number of halogens is 1. The number of anilines is 1. The van der Waals surface area contributed by atoms with Crippen LogP contribution < -0.4 is 10.6 Å². The Balaban J connectivity index is 1.41. The Morgan fingerprint density at radius 1 is 0.900 bits per heavy atom. The van der Waals surface area contributed by atoms with Gasteiger partial charge in [-0.3, -0.25) is 9.59 Å². The average Bonchev–Trinajstić information content (AvgIpc) is 3.56. The molecular formula is C33H32FN3O3. The van der Waals surface area contributed by atoms with Crippen LogP contribution in [-0.4, -0.2) is 16.4 Å². The smallest absolute Gasteiger partial charge is 0.268 e. The van der Waals surface area contributed by atoms with Crippen molar-refractivity contribution in [3.05, 3.63) is 125 Å². The van der Waals surface area contributed by atoms with Gasteiger partial charge in [0.15, 0.2) is 0 Å². The van der Waals surface area contributed by atoms with E-state index in [2.05, 4.69) is 55.7 Å². The van der Waals surface area contributed by atoms with Gasteiger partial charge in [-0.1, -0.05) is 57.2 Å². The molecule has 0 saturated heterocycles. The molecule has 2 amide bonds. The lowest BCUT2D eigenvalue weighted by atomic mass is 9.87. The van der Waals surface area contributed by atoms with E-state index in [0.29, 0.717) is 23.7 Å². The standard InChI is InChI=1S/C33H32FN3O3/c1-33(2,3)25-10-6-23(7-11-25)21-37-29-15-14-27(36-31(38)17-22-8-12-26(34)13-9-22)18-24(29)19-30(37)32(39)35-20-28-5-4-16-40-28/h4-16,18-19H,17,20-21H2,1-3H3,(H,35,39)(H,36,38). The summed E-state index contributed by atoms with van der Waals surface area (Å²) >= 11 is 0. The third kappa shape index (κ3) is 6.31. The molecule has 0 spiro atoms. The molecule has 0 saturated carbocycles. The van der Waals surface area contributed by atoms with Crippen LogP contribution in [0, 0.1) is 5.82 Å². The first-order valence-corrected chi connectivity index (χ1v) is 13.2. The van der Waals surface area contributed by atoms with Crippen LogP contribution in [0.15, 0.2) is 95.6 Å². The molecule has 0 aliphatic heterocycles. The van der Waals surface area contributed by atoms with Gasteiger partial charge < -0.3 is 19.6 Å². The summed E-state index contributed by atoms with van der Waals surface area (Å²) in [5, 5.41) is 6.69. The molecule has 0 aliphatic rings. The van der Waals surface area contributed by atoms with Crippen molar-refractivity contribution < 1.29 is 18.4 Å². The summed E-state index contributed by atoms with van der Waals surface area (Å²) in [4.78, 5) is 26.0. The number of benzene rings is 3. The Kier molecular flexibility index (Phi) is 7.56. The maximum absolute atomic E-state index is 13.3. The van der Waals surface area contributed by atoms with E-state index in [0.717, 1.165) is 22.0 Å². The van der Waals surface area contributed by atoms with Crippen LogP contribution in [0.3, 0.4) is 0 Å². The highest BCUT2D eigenvalue weighted by molar-refractivity contribution is 6.00. The monoisotopic (exact) mass is 537 g/mol. The van der Waals surface area contributed by atoms with Crippen molar-refractivity contribution in [3.63, 3.8) is 0 Å². The maximum atomic E-state index is 13.3. The summed E-state index contributed by atoms with van der Waals surface area (Å²) in [6, 6.07) is 25.4. The number of nitrogens with zero attached hydrogens (tertiary/aromatic N) is 1. The molecule has 204 valence electrons. The second-order valence-electron chi connectivity index (χ2n) is 10.9. The average molecular weight is 538 g/mol. The van der Waals surface area contributed by atoms with Crippen LogP contribution in [0.5, 0.6) is 0 Å². The lowest BCUT2D eigenvalue weighted by Gasteiger charge is -2.19. The zero-order chi connectivity index (χ0) is 28.3. The van der Waals surface area contributed by atoms with Gasteiger partial charge in [-0.2, -0.15) is 0 Å². The number of carbonyl (C=O) groups is 2. The van der Waals surface area contributed by atoms with Crippen molar-refractivity contribution in [2.24, 2.45) is 0 Å². The normalized spacial score (nSPS) is 11.5. The lowest BCUT2D eigenvalue weighted by Crippen LogP contribution is -2.25. The maximum Gasteiger partial charge on any atom is 0.268 e. The predicted molar refractivity (Wildman–Crippen MR) is 155 cm³/mol. The molecule has 2 N–H and O–H groups in total. The molecule has 0 radical (unpaired) electrons. The Hall–Kier alpha value is -4.65. The molecular weight excluding hydrogens is 505 g/mol. The molecule has 0 bridgehead atoms. The second-order valence-corrected chi connectivity index (χ2v) is 10.9. The van der Waals surface area contributed by atoms with Gasteiger partial charge >= 0.3 is 0 Å². The van der Waals surface area contributed by atoms with E-state index in [9.17, 15) is 14.0 Å². The number of hydrogen-bond donors (Lipinski definition) is 2. The zero-order valence-corrected chi connectivity index (χ0v) is 22.8. The first-order chi connectivity index (χ1) is 19.2. The number of amides is 2. The third-order valence-corrected chi connectivity index (χ3v) is 6.86. The highest BCUT2D eigenvalue weighted by Crippen LogP contribution is 2.27. The summed E-state index contributed by atoms with van der Waals surface area (Å²) in [6.07, 6.45) is 1.70. The molecule has 7 heteroatoms. The third-order valence-electron chi connectivity index (χ3n) is 6.86. The Bertz CT molecular complexity index is 1630. The molecule has 0 unspecified atom stereocenters. The lowest BCUT2D eigenvalue weighted by molar-refractivity contribution is -0.115. The number of aromatic nitrogens is 1. The van der Waals surface area contributed by atoms with Crippen LogP contribution in [-0.2, 0) is 29.7 Å². The van der Waals surface area contributed by atoms with Crippen LogP contribution in [0.25, 0.3) is 10.9 Å². The highest BCUT2D eigenvalue weighted by atomic mass is 19.1. The van der Waals surface area contributed by atoms with Gasteiger partial charge in [0.2, 0.25) is 5.91 Å². The minimum Gasteiger partial charge on any atom is -0.467 e. The molecule has 2 heterocycles. The first kappa shape index (κ1) is 26.9. The molecule has 40 heavy (non-hydrogen) atoms. The van der Waals surface area contributed by atoms with E-state index in [1.54, 1.807) is 24.5 Å². The Morgan fingerprint density at radius 3 is 2.30 bits per heavy atom. The number of nitrogens with one attached hydrogen (secondary N) is 2. The number of fused-ring (bicyclic) bond motifs is 1. The summed E-state index contributed by atoms with van der Waals surface area (Å²) in [5.41, 5.74) is 5.09. The van der Waals surface area contributed by atoms with E-state index in [1.165, 1.54) is 17.7 Å². The second kappa shape index (κ2) is 11.2. The fraction of sp³-hybridized carbons (Fsp3) is 0.212. The van der Waals surface area contributed by atoms with Gasteiger partial charge in [-0.05, 0) is 70.6 Å². The van der Waals surface area contributed by atoms with Gasteiger partial charge in [0.05, 0.1) is 19.2 Å². The number of carbonyl (C=O) groups excluding carboxylic acids is 2. The van der Waals surface area contributed by atoms with E-state index >= 15 is 0 Å². The van der Waals surface area contributed by atoms with Gasteiger partial charge in [0.1, 0.15) is 17.3 Å². The quantitative estimate of drug-likeness (QED) is 0.228. The molecule has 5 aromatic rings. The summed E-state index contributed by atoms with van der Waals surface area (Å²) < 4.78 is 20.6. The number of hydrogen-bond acceptors (Lipinski definition) is 3. The molecule has 0 fully saturated rings. The highest BCUT2D eigenvalue weighted by Gasteiger charge is 2.18. The molecule has 2 aromatic heterocycles. The SMILES string of the molecule is CC(C)(C)c1ccc(Cn2c(C(=O)NCc3ccco3)cc3cc(NC(=O)Cc4ccc(F)cc4)ccc32)cc1. The van der Waals surface area contributed by atoms with Gasteiger partial charge in [-0.15, -0.1) is 0 Å². The Labute approximate surface area is 232 Å². The van der Waals surface area contributed by atoms with E-state index in [4.69, 9.17) is 4.42 Å². The van der Waals surface area contributed by atoms with Crippen LogP contribution >= 0.6 is 0 Å². The fourth-order valence-electron chi connectivity index (χ4n) is 4.66. The largest absolute Gasteiger partial charge is 0.467 e. The van der Waals surface area contributed by atoms with Crippen LogP contribution in [0.2, 0.25) is 0 Å². The van der Waals surface area contributed by atoms with E-state index in [1.807, 2.05) is 34.9 Å². The minimum atomic E-state index is -0.340. The summed E-state index contributed by atoms with van der Waals surface area (Å²) in [6.45, 7) is 7.32.